The Morgan fingerprint density at radius 3 is 2.88 bits per heavy atom. The van der Waals surface area contributed by atoms with Gasteiger partial charge in [-0.2, -0.15) is 0 Å². The molecule has 0 amide bonds. The third-order valence-electron chi connectivity index (χ3n) is 3.19. The largest absolute Gasteiger partial charge is 0.381 e. The average Bonchev–Trinajstić information content (AvgIpc) is 2.29. The second kappa shape index (κ2) is 5.55. The molecule has 1 aliphatic heterocycles. The predicted octanol–water partition coefficient (Wildman–Crippen LogP) is 3.73. The number of ether oxygens (including phenoxy) is 1. The summed E-state index contributed by atoms with van der Waals surface area (Å²) in [5.41, 5.74) is 0.274. The molecule has 0 aliphatic carbocycles. The summed E-state index contributed by atoms with van der Waals surface area (Å²) in [6.07, 6.45) is 3.91. The fourth-order valence-corrected chi connectivity index (χ4v) is 2.58. The zero-order valence-corrected chi connectivity index (χ0v) is 12.1. The van der Waals surface area contributed by atoms with Crippen molar-refractivity contribution >= 4 is 33.3 Å². The molecule has 0 spiro atoms. The molecule has 5 heteroatoms. The van der Waals surface area contributed by atoms with Crippen molar-refractivity contribution in [3.05, 3.63) is 21.8 Å². The topological polar surface area (TPSA) is 34.2 Å². The van der Waals surface area contributed by atoms with Gasteiger partial charge >= 0.3 is 0 Å². The van der Waals surface area contributed by atoms with Crippen molar-refractivity contribution in [1.82, 2.24) is 4.98 Å². The quantitative estimate of drug-likeness (QED) is 0.922. The highest BCUT2D eigenvalue weighted by atomic mass is 79.9. The highest BCUT2D eigenvalue weighted by Gasteiger charge is 2.27. The van der Waals surface area contributed by atoms with Crippen LogP contribution in [-0.2, 0) is 4.74 Å². The van der Waals surface area contributed by atoms with E-state index in [9.17, 15) is 0 Å². The van der Waals surface area contributed by atoms with Crippen LogP contribution in [0.1, 0.15) is 19.8 Å². The lowest BCUT2D eigenvalue weighted by Gasteiger charge is -2.33. The molecule has 0 atom stereocenters. The molecular formula is C12H16BrClN2O. The molecule has 1 aliphatic rings. The molecular weight excluding hydrogens is 304 g/mol. The Labute approximate surface area is 115 Å². The van der Waals surface area contributed by atoms with Crippen LogP contribution in [0.5, 0.6) is 0 Å². The van der Waals surface area contributed by atoms with Gasteiger partial charge in [0.25, 0.3) is 0 Å². The maximum Gasteiger partial charge on any atom is 0.144 e. The number of hydrogen-bond donors (Lipinski definition) is 1. The number of hydrogen-bond acceptors (Lipinski definition) is 3. The lowest BCUT2D eigenvalue weighted by atomic mass is 9.82. The van der Waals surface area contributed by atoms with Gasteiger partial charge in [0.2, 0.25) is 0 Å². The van der Waals surface area contributed by atoms with Crippen LogP contribution in [0.25, 0.3) is 0 Å². The number of pyridine rings is 1. The normalized spacial score (nSPS) is 19.0. The molecule has 0 aromatic carbocycles. The monoisotopic (exact) mass is 318 g/mol. The van der Waals surface area contributed by atoms with E-state index in [4.69, 9.17) is 16.3 Å². The van der Waals surface area contributed by atoms with Crippen molar-refractivity contribution in [2.75, 3.05) is 25.1 Å². The molecule has 0 unspecified atom stereocenters. The zero-order valence-electron chi connectivity index (χ0n) is 9.80. The molecule has 2 rings (SSSR count). The summed E-state index contributed by atoms with van der Waals surface area (Å²) in [6, 6.07) is 1.85. The summed E-state index contributed by atoms with van der Waals surface area (Å²) < 4.78 is 6.27. The SMILES string of the molecule is CC1(CNc2ncc(Br)cc2Cl)CCOCC1. The van der Waals surface area contributed by atoms with Crippen LogP contribution in [-0.4, -0.2) is 24.7 Å². The van der Waals surface area contributed by atoms with Crippen molar-refractivity contribution in [2.24, 2.45) is 5.41 Å². The molecule has 1 aromatic rings. The van der Waals surface area contributed by atoms with E-state index in [-0.39, 0.29) is 5.41 Å². The Balaban J connectivity index is 1.97. The van der Waals surface area contributed by atoms with Crippen molar-refractivity contribution in [2.45, 2.75) is 19.8 Å². The van der Waals surface area contributed by atoms with Gasteiger partial charge in [-0.3, -0.25) is 0 Å². The van der Waals surface area contributed by atoms with Crippen molar-refractivity contribution in [3.63, 3.8) is 0 Å². The average molecular weight is 320 g/mol. The number of anilines is 1. The summed E-state index contributed by atoms with van der Waals surface area (Å²) in [5.74, 6) is 0.752. The third kappa shape index (κ3) is 3.57. The van der Waals surface area contributed by atoms with Gasteiger partial charge in [-0.05, 0) is 40.3 Å². The molecule has 0 saturated carbocycles. The number of nitrogens with one attached hydrogen (secondary N) is 1. The van der Waals surface area contributed by atoms with E-state index in [1.807, 2.05) is 6.07 Å². The minimum Gasteiger partial charge on any atom is -0.381 e. The van der Waals surface area contributed by atoms with Crippen LogP contribution in [0.2, 0.25) is 5.02 Å². The van der Waals surface area contributed by atoms with Gasteiger partial charge in [-0.1, -0.05) is 18.5 Å². The number of halogens is 2. The minimum absolute atomic E-state index is 0.274. The Hall–Kier alpha value is -0.320. The fourth-order valence-electron chi connectivity index (χ4n) is 1.88. The molecule has 3 nitrogen and oxygen atoms in total. The second-order valence-electron chi connectivity index (χ2n) is 4.76. The van der Waals surface area contributed by atoms with E-state index >= 15 is 0 Å². The van der Waals surface area contributed by atoms with Gasteiger partial charge in [-0.15, -0.1) is 0 Å². The molecule has 1 aromatic heterocycles. The van der Waals surface area contributed by atoms with E-state index in [0.717, 1.165) is 42.9 Å². The Morgan fingerprint density at radius 2 is 2.24 bits per heavy atom. The van der Waals surface area contributed by atoms with Crippen LogP contribution in [0.15, 0.2) is 16.7 Å². The van der Waals surface area contributed by atoms with E-state index in [0.29, 0.717) is 5.02 Å². The van der Waals surface area contributed by atoms with Crippen LogP contribution >= 0.6 is 27.5 Å². The number of nitrogens with zero attached hydrogens (tertiary/aromatic N) is 1. The lowest BCUT2D eigenvalue weighted by molar-refractivity contribution is 0.0300. The molecule has 0 radical (unpaired) electrons. The first-order valence-electron chi connectivity index (χ1n) is 5.72. The lowest BCUT2D eigenvalue weighted by Crippen LogP contribution is -2.33. The minimum atomic E-state index is 0.274. The van der Waals surface area contributed by atoms with Crippen molar-refractivity contribution in [3.8, 4) is 0 Å². The van der Waals surface area contributed by atoms with Gasteiger partial charge in [0.1, 0.15) is 5.82 Å². The molecule has 0 bridgehead atoms. The Bertz CT molecular complexity index is 394. The molecule has 2 heterocycles. The first-order valence-corrected chi connectivity index (χ1v) is 6.89. The Morgan fingerprint density at radius 1 is 1.53 bits per heavy atom. The van der Waals surface area contributed by atoms with Gasteiger partial charge in [-0.25, -0.2) is 4.98 Å². The smallest absolute Gasteiger partial charge is 0.144 e. The van der Waals surface area contributed by atoms with Gasteiger partial charge in [0, 0.05) is 30.4 Å². The van der Waals surface area contributed by atoms with Crippen molar-refractivity contribution in [1.29, 1.82) is 0 Å². The summed E-state index contributed by atoms with van der Waals surface area (Å²) in [7, 11) is 0. The summed E-state index contributed by atoms with van der Waals surface area (Å²) in [5, 5.41) is 3.98. The van der Waals surface area contributed by atoms with Crippen LogP contribution in [0.4, 0.5) is 5.82 Å². The molecule has 1 fully saturated rings. The first-order chi connectivity index (χ1) is 8.09. The highest BCUT2D eigenvalue weighted by Crippen LogP contribution is 2.31. The molecule has 94 valence electrons. The molecule has 1 saturated heterocycles. The van der Waals surface area contributed by atoms with E-state index < -0.39 is 0 Å². The maximum absolute atomic E-state index is 6.11. The standard InChI is InChI=1S/C12H16BrClN2O/c1-12(2-4-17-5-3-12)8-16-11-10(14)6-9(13)7-15-11/h6-7H,2-5,8H2,1H3,(H,15,16). The zero-order chi connectivity index (χ0) is 12.3. The second-order valence-corrected chi connectivity index (χ2v) is 6.08. The predicted molar refractivity (Wildman–Crippen MR) is 73.6 cm³/mol. The summed E-state index contributed by atoms with van der Waals surface area (Å²) >= 11 is 9.46. The van der Waals surface area contributed by atoms with Crippen LogP contribution in [0.3, 0.4) is 0 Å². The van der Waals surface area contributed by atoms with Crippen LogP contribution in [0, 0.1) is 5.41 Å². The van der Waals surface area contributed by atoms with E-state index in [1.165, 1.54) is 0 Å². The number of rotatable bonds is 3. The van der Waals surface area contributed by atoms with Crippen molar-refractivity contribution < 1.29 is 4.74 Å². The highest BCUT2D eigenvalue weighted by molar-refractivity contribution is 9.10. The number of aromatic nitrogens is 1. The third-order valence-corrected chi connectivity index (χ3v) is 3.91. The Kier molecular flexibility index (Phi) is 4.28. The first kappa shape index (κ1) is 13.1. The van der Waals surface area contributed by atoms with E-state index in [2.05, 4.69) is 33.2 Å². The fraction of sp³-hybridized carbons (Fsp3) is 0.583. The maximum atomic E-state index is 6.11. The summed E-state index contributed by atoms with van der Waals surface area (Å²) in [4.78, 5) is 4.27. The van der Waals surface area contributed by atoms with Gasteiger partial charge in [0.05, 0.1) is 5.02 Å². The molecule has 17 heavy (non-hydrogen) atoms. The van der Waals surface area contributed by atoms with Gasteiger partial charge in [0.15, 0.2) is 0 Å². The van der Waals surface area contributed by atoms with E-state index in [1.54, 1.807) is 6.20 Å². The van der Waals surface area contributed by atoms with Gasteiger partial charge < -0.3 is 10.1 Å². The summed E-state index contributed by atoms with van der Waals surface area (Å²) in [6.45, 7) is 4.85. The van der Waals surface area contributed by atoms with Crippen LogP contribution < -0.4 is 5.32 Å². The molecule has 1 N–H and O–H groups in total.